The van der Waals surface area contributed by atoms with Crippen LogP contribution in [-0.4, -0.2) is 12.6 Å². The normalized spacial score (nSPS) is 14.8. The van der Waals surface area contributed by atoms with Gasteiger partial charge >= 0.3 is 0 Å². The van der Waals surface area contributed by atoms with Crippen LogP contribution in [-0.2, 0) is 13.0 Å². The number of nitrogens with one attached hydrogen (secondary N) is 1. The van der Waals surface area contributed by atoms with E-state index in [2.05, 4.69) is 47.2 Å². The first-order valence-electron chi connectivity index (χ1n) is 8.38. The number of unbranched alkanes of at least 4 members (excludes halogenated alkanes) is 4. The molecule has 0 bridgehead atoms. The van der Waals surface area contributed by atoms with Gasteiger partial charge < -0.3 is 10.1 Å². The Labute approximate surface area is 137 Å². The summed E-state index contributed by atoms with van der Waals surface area (Å²) in [6.07, 6.45) is 9.09. The van der Waals surface area contributed by atoms with Gasteiger partial charge in [0.2, 0.25) is 0 Å². The first-order valence-corrected chi connectivity index (χ1v) is 9.17. The van der Waals surface area contributed by atoms with Crippen LogP contribution in [0.15, 0.2) is 16.6 Å². The largest absolute Gasteiger partial charge is 0.493 e. The molecule has 1 heterocycles. The van der Waals surface area contributed by atoms with Gasteiger partial charge in [-0.05, 0) is 31.0 Å². The van der Waals surface area contributed by atoms with Crippen LogP contribution in [0.25, 0.3) is 0 Å². The highest BCUT2D eigenvalue weighted by molar-refractivity contribution is 9.10. The minimum absolute atomic E-state index is 0.572. The van der Waals surface area contributed by atoms with Crippen molar-refractivity contribution in [1.29, 1.82) is 0 Å². The van der Waals surface area contributed by atoms with Gasteiger partial charge in [0.25, 0.3) is 0 Å². The van der Waals surface area contributed by atoms with Crippen molar-refractivity contribution in [1.82, 2.24) is 5.32 Å². The zero-order valence-corrected chi connectivity index (χ0v) is 15.0. The van der Waals surface area contributed by atoms with Crippen LogP contribution in [0.3, 0.4) is 0 Å². The van der Waals surface area contributed by atoms with E-state index in [4.69, 9.17) is 4.74 Å². The SMILES string of the molecule is CCCCCCCC(C)NCc1cc(Br)cc2c1OCC2. The Morgan fingerprint density at radius 1 is 1.24 bits per heavy atom. The summed E-state index contributed by atoms with van der Waals surface area (Å²) in [7, 11) is 0. The second-order valence-corrected chi connectivity index (χ2v) is 7.05. The fraction of sp³-hybridized carbons (Fsp3) is 0.667. The molecule has 1 aliphatic heterocycles. The van der Waals surface area contributed by atoms with Gasteiger partial charge in [0.05, 0.1) is 6.61 Å². The van der Waals surface area contributed by atoms with E-state index in [9.17, 15) is 0 Å². The van der Waals surface area contributed by atoms with Crippen LogP contribution < -0.4 is 10.1 Å². The zero-order valence-electron chi connectivity index (χ0n) is 13.4. The molecule has 1 atom stereocenters. The molecule has 1 N–H and O–H groups in total. The van der Waals surface area contributed by atoms with Crippen LogP contribution in [0, 0.1) is 0 Å². The number of hydrogen-bond acceptors (Lipinski definition) is 2. The molecule has 2 rings (SSSR count). The molecular formula is C18H28BrNO. The van der Waals surface area contributed by atoms with Crippen molar-refractivity contribution in [2.75, 3.05) is 6.61 Å². The van der Waals surface area contributed by atoms with Crippen molar-refractivity contribution >= 4 is 15.9 Å². The summed E-state index contributed by atoms with van der Waals surface area (Å²) in [5.74, 6) is 1.11. The third kappa shape index (κ3) is 5.30. The molecule has 0 aromatic heterocycles. The van der Waals surface area contributed by atoms with Gasteiger partial charge in [-0.1, -0.05) is 55.0 Å². The van der Waals surface area contributed by atoms with Crippen molar-refractivity contribution in [2.24, 2.45) is 0 Å². The first kappa shape index (κ1) is 16.8. The number of benzene rings is 1. The second kappa shape index (κ2) is 8.79. The van der Waals surface area contributed by atoms with Crippen LogP contribution in [0.4, 0.5) is 0 Å². The molecular weight excluding hydrogens is 326 g/mol. The molecule has 21 heavy (non-hydrogen) atoms. The van der Waals surface area contributed by atoms with Gasteiger partial charge in [-0.2, -0.15) is 0 Å². The molecule has 1 aromatic carbocycles. The Hall–Kier alpha value is -0.540. The van der Waals surface area contributed by atoms with E-state index in [1.165, 1.54) is 49.7 Å². The molecule has 0 radical (unpaired) electrons. The zero-order chi connectivity index (χ0) is 15.1. The van der Waals surface area contributed by atoms with Gasteiger partial charge in [-0.15, -0.1) is 0 Å². The lowest BCUT2D eigenvalue weighted by Gasteiger charge is -2.15. The summed E-state index contributed by atoms with van der Waals surface area (Å²) in [4.78, 5) is 0. The second-order valence-electron chi connectivity index (χ2n) is 6.14. The Balaban J connectivity index is 1.75. The smallest absolute Gasteiger partial charge is 0.127 e. The first-order chi connectivity index (χ1) is 10.2. The average Bonchev–Trinajstić information content (AvgIpc) is 2.92. The fourth-order valence-corrected chi connectivity index (χ4v) is 3.47. The Bertz CT molecular complexity index is 447. The van der Waals surface area contributed by atoms with Gasteiger partial charge in [0, 0.05) is 29.0 Å². The Morgan fingerprint density at radius 3 is 2.86 bits per heavy atom. The number of fused-ring (bicyclic) bond motifs is 1. The molecule has 2 nitrogen and oxygen atoms in total. The van der Waals surface area contributed by atoms with Crippen molar-refractivity contribution in [3.63, 3.8) is 0 Å². The summed E-state index contributed by atoms with van der Waals surface area (Å²) in [5, 5.41) is 3.65. The molecule has 0 fully saturated rings. The summed E-state index contributed by atoms with van der Waals surface area (Å²) < 4.78 is 6.94. The van der Waals surface area contributed by atoms with Gasteiger partial charge in [-0.3, -0.25) is 0 Å². The molecule has 1 aliphatic rings. The fourth-order valence-electron chi connectivity index (χ4n) is 2.92. The molecule has 1 unspecified atom stereocenters. The van der Waals surface area contributed by atoms with Crippen LogP contribution in [0.5, 0.6) is 5.75 Å². The van der Waals surface area contributed by atoms with Gasteiger partial charge in [0.1, 0.15) is 5.75 Å². The maximum absolute atomic E-state index is 5.78. The Kier molecular flexibility index (Phi) is 7.05. The third-order valence-electron chi connectivity index (χ3n) is 4.21. The summed E-state index contributed by atoms with van der Waals surface area (Å²) in [5.41, 5.74) is 2.63. The molecule has 0 saturated heterocycles. The number of hydrogen-bond donors (Lipinski definition) is 1. The maximum Gasteiger partial charge on any atom is 0.127 e. The quantitative estimate of drug-likeness (QED) is 0.614. The third-order valence-corrected chi connectivity index (χ3v) is 4.66. The van der Waals surface area contributed by atoms with E-state index in [0.717, 1.165) is 29.8 Å². The molecule has 0 saturated carbocycles. The van der Waals surface area contributed by atoms with Crippen molar-refractivity contribution in [2.45, 2.75) is 71.4 Å². The summed E-state index contributed by atoms with van der Waals surface area (Å²) in [6, 6.07) is 4.94. The van der Waals surface area contributed by atoms with E-state index in [1.807, 2.05) is 0 Å². The molecule has 0 aliphatic carbocycles. The number of halogens is 1. The van der Waals surface area contributed by atoms with Crippen LogP contribution >= 0.6 is 15.9 Å². The minimum Gasteiger partial charge on any atom is -0.493 e. The van der Waals surface area contributed by atoms with Crippen molar-refractivity contribution in [3.8, 4) is 5.75 Å². The number of rotatable bonds is 9. The summed E-state index contributed by atoms with van der Waals surface area (Å²) in [6.45, 7) is 6.28. The highest BCUT2D eigenvalue weighted by Crippen LogP contribution is 2.32. The molecule has 1 aromatic rings. The monoisotopic (exact) mass is 353 g/mol. The molecule has 0 amide bonds. The van der Waals surface area contributed by atoms with Crippen LogP contribution in [0.1, 0.15) is 63.5 Å². The summed E-state index contributed by atoms with van der Waals surface area (Å²) >= 11 is 3.61. The lowest BCUT2D eigenvalue weighted by molar-refractivity contribution is 0.351. The lowest BCUT2D eigenvalue weighted by atomic mass is 10.1. The molecule has 0 spiro atoms. The van der Waals surface area contributed by atoms with E-state index in [0.29, 0.717) is 6.04 Å². The highest BCUT2D eigenvalue weighted by Gasteiger charge is 2.17. The van der Waals surface area contributed by atoms with Crippen molar-refractivity contribution < 1.29 is 4.74 Å². The minimum atomic E-state index is 0.572. The van der Waals surface area contributed by atoms with Crippen molar-refractivity contribution in [3.05, 3.63) is 27.7 Å². The molecule has 3 heteroatoms. The van der Waals surface area contributed by atoms with E-state index < -0.39 is 0 Å². The topological polar surface area (TPSA) is 21.3 Å². The standard InChI is InChI=1S/C18H28BrNO/c1-3-4-5-6-7-8-14(2)20-13-16-12-17(19)11-15-9-10-21-18(15)16/h11-12,14,20H,3-10,13H2,1-2H3. The van der Waals surface area contributed by atoms with Crippen LogP contribution in [0.2, 0.25) is 0 Å². The Morgan fingerprint density at radius 2 is 2.05 bits per heavy atom. The van der Waals surface area contributed by atoms with E-state index in [-0.39, 0.29) is 0 Å². The lowest BCUT2D eigenvalue weighted by Crippen LogP contribution is -2.25. The van der Waals surface area contributed by atoms with E-state index in [1.54, 1.807) is 0 Å². The predicted octanol–water partition coefficient (Wildman–Crippen LogP) is 5.22. The van der Waals surface area contributed by atoms with Gasteiger partial charge in [0.15, 0.2) is 0 Å². The average molecular weight is 354 g/mol. The maximum atomic E-state index is 5.78. The predicted molar refractivity (Wildman–Crippen MR) is 93.0 cm³/mol. The highest BCUT2D eigenvalue weighted by atomic mass is 79.9. The van der Waals surface area contributed by atoms with E-state index >= 15 is 0 Å². The number of ether oxygens (including phenoxy) is 1. The molecule has 118 valence electrons. The van der Waals surface area contributed by atoms with Gasteiger partial charge in [-0.25, -0.2) is 0 Å².